The fraction of sp³-hybridized carbons (Fsp3) is 0. The molecule has 0 saturated heterocycles. The zero-order valence-corrected chi connectivity index (χ0v) is 23.7. The number of nitrogens with zero attached hydrogens (tertiary/aromatic N) is 2. The van der Waals surface area contributed by atoms with E-state index in [0.29, 0.717) is 5.89 Å². The molecule has 0 spiro atoms. The molecule has 0 aliphatic heterocycles. The van der Waals surface area contributed by atoms with E-state index >= 15 is 0 Å². The van der Waals surface area contributed by atoms with Crippen molar-refractivity contribution < 1.29 is 4.42 Å². The molecule has 0 bridgehead atoms. The Labute approximate surface area is 253 Å². The van der Waals surface area contributed by atoms with Gasteiger partial charge in [-0.3, -0.25) is 0 Å². The SMILES string of the molecule is c1ccc(-c2nc3c(o2)-c2cc(-n4c5ccccc5c5cc(-c6ccc7ccccc7c6)ccc54)cc4cccc-3c24)cc1. The predicted molar refractivity (Wildman–Crippen MR) is 181 cm³/mol. The minimum absolute atomic E-state index is 0.654. The van der Waals surface area contributed by atoms with Crippen LogP contribution in [0.5, 0.6) is 0 Å². The van der Waals surface area contributed by atoms with Crippen molar-refractivity contribution >= 4 is 43.4 Å². The van der Waals surface area contributed by atoms with E-state index in [9.17, 15) is 0 Å². The van der Waals surface area contributed by atoms with E-state index in [4.69, 9.17) is 9.40 Å². The zero-order valence-electron chi connectivity index (χ0n) is 23.7. The van der Waals surface area contributed by atoms with Crippen molar-refractivity contribution in [2.45, 2.75) is 0 Å². The molecule has 0 radical (unpaired) electrons. The summed E-state index contributed by atoms with van der Waals surface area (Å²) in [4.78, 5) is 4.98. The highest BCUT2D eigenvalue weighted by molar-refractivity contribution is 6.15. The van der Waals surface area contributed by atoms with Crippen molar-refractivity contribution in [3.05, 3.63) is 146 Å². The molecule has 0 amide bonds. The number of hydrogen-bond donors (Lipinski definition) is 0. The molecule has 9 aromatic rings. The topological polar surface area (TPSA) is 31.0 Å². The van der Waals surface area contributed by atoms with Gasteiger partial charge in [-0.2, -0.15) is 0 Å². The molecular formula is C41H24N2O. The standard InChI is InChI=1S/C41H24N2O/c1-2-10-26(11-3-1)41-42-39-33-15-8-13-30-22-31(24-35(38(30)33)40(39)44-41)43-36-16-7-6-14-32(36)34-23-29(19-20-37(34)43)28-18-17-25-9-4-5-12-27(25)21-28/h1-24H. The highest BCUT2D eigenvalue weighted by atomic mass is 16.4. The molecule has 1 aliphatic carbocycles. The van der Waals surface area contributed by atoms with Crippen LogP contribution in [-0.4, -0.2) is 9.55 Å². The molecule has 2 heterocycles. The normalized spacial score (nSPS) is 12.1. The fourth-order valence-electron chi connectivity index (χ4n) is 7.11. The lowest BCUT2D eigenvalue weighted by molar-refractivity contribution is 0.590. The van der Waals surface area contributed by atoms with Crippen LogP contribution in [0.2, 0.25) is 0 Å². The third-order valence-electron chi connectivity index (χ3n) is 9.12. The molecule has 0 atom stereocenters. The second-order valence-corrected chi connectivity index (χ2v) is 11.6. The number of fused-ring (bicyclic) bond motifs is 7. The maximum atomic E-state index is 6.51. The molecule has 44 heavy (non-hydrogen) atoms. The lowest BCUT2D eigenvalue weighted by atomic mass is 9.99. The van der Waals surface area contributed by atoms with E-state index in [0.717, 1.165) is 33.8 Å². The van der Waals surface area contributed by atoms with Crippen molar-refractivity contribution in [3.8, 4) is 50.8 Å². The maximum Gasteiger partial charge on any atom is 0.227 e. The summed E-state index contributed by atoms with van der Waals surface area (Å²) in [5, 5.41) is 7.38. The molecule has 10 rings (SSSR count). The summed E-state index contributed by atoms with van der Waals surface area (Å²) in [6, 6.07) is 52.0. The molecule has 2 aromatic heterocycles. The Balaban J connectivity index is 1.19. The molecule has 0 N–H and O–H groups in total. The van der Waals surface area contributed by atoms with E-state index in [-0.39, 0.29) is 0 Å². The number of benzene rings is 7. The zero-order chi connectivity index (χ0) is 28.8. The van der Waals surface area contributed by atoms with Crippen LogP contribution in [0.3, 0.4) is 0 Å². The molecule has 1 aliphatic rings. The second kappa shape index (κ2) is 8.79. The van der Waals surface area contributed by atoms with Crippen LogP contribution in [0.1, 0.15) is 0 Å². The van der Waals surface area contributed by atoms with E-state index in [1.54, 1.807) is 0 Å². The smallest absolute Gasteiger partial charge is 0.227 e. The van der Waals surface area contributed by atoms with E-state index < -0.39 is 0 Å². The monoisotopic (exact) mass is 560 g/mol. The van der Waals surface area contributed by atoms with Gasteiger partial charge < -0.3 is 8.98 Å². The first-order valence-corrected chi connectivity index (χ1v) is 15.0. The largest absolute Gasteiger partial charge is 0.435 e. The summed E-state index contributed by atoms with van der Waals surface area (Å²) < 4.78 is 8.90. The average Bonchev–Trinajstić information content (AvgIpc) is 3.75. The summed E-state index contributed by atoms with van der Waals surface area (Å²) in [5.41, 5.74) is 10.0. The van der Waals surface area contributed by atoms with Gasteiger partial charge in [0, 0.05) is 38.5 Å². The average molecular weight is 561 g/mol. The molecule has 0 unspecified atom stereocenters. The first-order chi connectivity index (χ1) is 21.8. The Bertz CT molecular complexity index is 2610. The van der Waals surface area contributed by atoms with Crippen molar-refractivity contribution in [2.75, 3.05) is 0 Å². The van der Waals surface area contributed by atoms with Crippen LogP contribution in [0.4, 0.5) is 0 Å². The lowest BCUT2D eigenvalue weighted by Gasteiger charge is -2.12. The maximum absolute atomic E-state index is 6.51. The van der Waals surface area contributed by atoms with Crippen LogP contribution in [0, 0.1) is 0 Å². The van der Waals surface area contributed by atoms with Crippen molar-refractivity contribution in [3.63, 3.8) is 0 Å². The molecule has 204 valence electrons. The molecule has 0 fully saturated rings. The Kier molecular flexibility index (Phi) is 4.72. The van der Waals surface area contributed by atoms with E-state index in [2.05, 4.69) is 120 Å². The lowest BCUT2D eigenvalue weighted by Crippen LogP contribution is -1.95. The van der Waals surface area contributed by atoms with Gasteiger partial charge in [0.2, 0.25) is 5.89 Å². The van der Waals surface area contributed by atoms with Crippen LogP contribution in [-0.2, 0) is 0 Å². The van der Waals surface area contributed by atoms with Crippen LogP contribution in [0.15, 0.2) is 150 Å². The van der Waals surface area contributed by atoms with Gasteiger partial charge in [-0.05, 0) is 75.8 Å². The summed E-state index contributed by atoms with van der Waals surface area (Å²) in [6.07, 6.45) is 0. The van der Waals surface area contributed by atoms with Crippen molar-refractivity contribution in [1.82, 2.24) is 9.55 Å². The summed E-state index contributed by atoms with van der Waals surface area (Å²) in [6.45, 7) is 0. The molecule has 0 saturated carbocycles. The highest BCUT2D eigenvalue weighted by Gasteiger charge is 2.29. The summed E-state index contributed by atoms with van der Waals surface area (Å²) >= 11 is 0. The van der Waals surface area contributed by atoms with Crippen molar-refractivity contribution in [2.24, 2.45) is 0 Å². The number of hydrogen-bond acceptors (Lipinski definition) is 2. The molecular weight excluding hydrogens is 536 g/mol. The van der Waals surface area contributed by atoms with Gasteiger partial charge in [0.15, 0.2) is 5.76 Å². The van der Waals surface area contributed by atoms with Gasteiger partial charge in [-0.15, -0.1) is 0 Å². The molecule has 3 nitrogen and oxygen atoms in total. The van der Waals surface area contributed by atoms with Crippen LogP contribution >= 0.6 is 0 Å². The van der Waals surface area contributed by atoms with Gasteiger partial charge in [0.25, 0.3) is 0 Å². The third-order valence-corrected chi connectivity index (χ3v) is 9.12. The minimum Gasteiger partial charge on any atom is -0.435 e. The first-order valence-electron chi connectivity index (χ1n) is 15.0. The predicted octanol–water partition coefficient (Wildman–Crippen LogP) is 11.1. The fourth-order valence-corrected chi connectivity index (χ4v) is 7.11. The van der Waals surface area contributed by atoms with Gasteiger partial charge in [0.1, 0.15) is 5.69 Å². The van der Waals surface area contributed by atoms with Crippen molar-refractivity contribution in [1.29, 1.82) is 0 Å². The molecule has 7 aromatic carbocycles. The Morgan fingerprint density at radius 3 is 2.16 bits per heavy atom. The van der Waals surface area contributed by atoms with Crippen LogP contribution in [0.25, 0.3) is 94.2 Å². The Morgan fingerprint density at radius 2 is 1.23 bits per heavy atom. The number of oxazole rings is 1. The summed E-state index contributed by atoms with van der Waals surface area (Å²) in [7, 11) is 0. The Morgan fingerprint density at radius 1 is 0.477 bits per heavy atom. The number of aromatic nitrogens is 2. The van der Waals surface area contributed by atoms with Gasteiger partial charge in [-0.1, -0.05) is 97.1 Å². The second-order valence-electron chi connectivity index (χ2n) is 11.6. The van der Waals surface area contributed by atoms with Crippen LogP contribution < -0.4 is 0 Å². The number of rotatable bonds is 3. The first kappa shape index (κ1) is 23.6. The van der Waals surface area contributed by atoms with E-state index in [1.165, 1.54) is 54.5 Å². The van der Waals surface area contributed by atoms with Gasteiger partial charge >= 0.3 is 0 Å². The van der Waals surface area contributed by atoms with Gasteiger partial charge in [0.05, 0.1) is 11.0 Å². The molecule has 3 heteroatoms. The summed E-state index contributed by atoms with van der Waals surface area (Å²) in [5.74, 6) is 1.50. The minimum atomic E-state index is 0.654. The number of para-hydroxylation sites is 1. The highest BCUT2D eigenvalue weighted by Crippen LogP contribution is 2.49. The van der Waals surface area contributed by atoms with E-state index in [1.807, 2.05) is 30.3 Å². The third kappa shape index (κ3) is 3.29. The quantitative estimate of drug-likeness (QED) is 0.215. The Hall–Kier alpha value is -5.93. The van der Waals surface area contributed by atoms with Gasteiger partial charge in [-0.25, -0.2) is 4.98 Å².